The van der Waals surface area contributed by atoms with Crippen molar-refractivity contribution in [3.8, 4) is 11.8 Å². The molecule has 2 aromatic rings. The highest BCUT2D eigenvalue weighted by Crippen LogP contribution is 2.46. The quantitative estimate of drug-likeness (QED) is 0.580. The average molecular weight is 348 g/mol. The molecule has 4 N–H and O–H groups in total. The van der Waals surface area contributed by atoms with Crippen LogP contribution >= 0.6 is 0 Å². The van der Waals surface area contributed by atoms with Crippen LogP contribution in [0.1, 0.15) is 34.3 Å². The van der Waals surface area contributed by atoms with E-state index in [2.05, 4.69) is 17.2 Å². The average Bonchev–Trinajstić information content (AvgIpc) is 3.43. The van der Waals surface area contributed by atoms with Gasteiger partial charge in [0.15, 0.2) is 0 Å². The number of carbonyl (C=O) groups excluding carboxylic acids is 2. The Morgan fingerprint density at radius 2 is 1.62 bits per heavy atom. The number of carboxylic acids is 1. The molecule has 0 aliphatic heterocycles. The summed E-state index contributed by atoms with van der Waals surface area (Å²) in [7, 11) is 0. The fraction of sp³-hybridized carbons (Fsp3) is 0.150. The second kappa shape index (κ2) is 6.73. The van der Waals surface area contributed by atoms with Gasteiger partial charge < -0.3 is 16.2 Å². The highest BCUT2D eigenvalue weighted by Gasteiger charge is 2.55. The van der Waals surface area contributed by atoms with Gasteiger partial charge >= 0.3 is 5.97 Å². The van der Waals surface area contributed by atoms with Crippen molar-refractivity contribution >= 4 is 23.5 Å². The number of hydrogen-bond acceptors (Lipinski definition) is 3. The van der Waals surface area contributed by atoms with Crippen LogP contribution in [0.5, 0.6) is 0 Å². The Kier molecular flexibility index (Phi) is 4.46. The van der Waals surface area contributed by atoms with Crippen LogP contribution in [0, 0.1) is 17.3 Å². The number of amides is 2. The largest absolute Gasteiger partial charge is 0.478 e. The maximum atomic E-state index is 12.2. The molecule has 1 aliphatic carbocycles. The summed E-state index contributed by atoms with van der Waals surface area (Å²) in [5, 5.41) is 11.7. The molecule has 1 saturated carbocycles. The molecule has 0 bridgehead atoms. The number of carbonyl (C=O) groups is 3. The first-order valence-electron chi connectivity index (χ1n) is 7.97. The number of primary amides is 1. The number of rotatable bonds is 4. The van der Waals surface area contributed by atoms with Gasteiger partial charge in [-0.15, -0.1) is 0 Å². The second-order valence-electron chi connectivity index (χ2n) is 6.12. The lowest BCUT2D eigenvalue weighted by atomic mass is 10.1. The van der Waals surface area contributed by atoms with E-state index < -0.39 is 23.2 Å². The summed E-state index contributed by atoms with van der Waals surface area (Å²) in [6.07, 6.45) is 0.932. The van der Waals surface area contributed by atoms with Gasteiger partial charge in [-0.25, -0.2) is 4.79 Å². The lowest BCUT2D eigenvalue weighted by Gasteiger charge is -2.11. The Bertz CT molecular complexity index is 965. The molecule has 0 unspecified atom stereocenters. The fourth-order valence-corrected chi connectivity index (χ4v) is 2.51. The van der Waals surface area contributed by atoms with Gasteiger partial charge in [0.05, 0.1) is 5.56 Å². The molecule has 0 heterocycles. The third kappa shape index (κ3) is 3.57. The van der Waals surface area contributed by atoms with Gasteiger partial charge in [0.25, 0.3) is 0 Å². The summed E-state index contributed by atoms with van der Waals surface area (Å²) in [4.78, 5) is 34.6. The third-order valence-corrected chi connectivity index (χ3v) is 4.24. The van der Waals surface area contributed by atoms with Crippen LogP contribution in [0.3, 0.4) is 0 Å². The highest BCUT2D eigenvalue weighted by atomic mass is 16.4. The summed E-state index contributed by atoms with van der Waals surface area (Å²) in [6, 6.07) is 13.2. The summed E-state index contributed by atoms with van der Waals surface area (Å²) < 4.78 is 0. The number of nitrogens with two attached hydrogens (primary N) is 1. The third-order valence-electron chi connectivity index (χ3n) is 4.24. The molecule has 130 valence electrons. The zero-order valence-electron chi connectivity index (χ0n) is 13.8. The predicted molar refractivity (Wildman–Crippen MR) is 95.3 cm³/mol. The van der Waals surface area contributed by atoms with Crippen molar-refractivity contribution in [2.75, 3.05) is 5.32 Å². The Balaban J connectivity index is 1.77. The van der Waals surface area contributed by atoms with E-state index >= 15 is 0 Å². The minimum Gasteiger partial charge on any atom is -0.478 e. The number of hydrogen-bond donors (Lipinski definition) is 3. The predicted octanol–water partition coefficient (Wildman–Crippen LogP) is 1.99. The van der Waals surface area contributed by atoms with Crippen molar-refractivity contribution in [1.29, 1.82) is 0 Å². The van der Waals surface area contributed by atoms with E-state index in [-0.39, 0.29) is 5.56 Å². The second-order valence-corrected chi connectivity index (χ2v) is 6.12. The molecule has 26 heavy (non-hydrogen) atoms. The van der Waals surface area contributed by atoms with Gasteiger partial charge in [-0.05, 0) is 49.2 Å². The number of aromatic carboxylic acids is 1. The summed E-state index contributed by atoms with van der Waals surface area (Å²) >= 11 is 0. The van der Waals surface area contributed by atoms with E-state index in [1.807, 2.05) is 0 Å². The molecular formula is C20H16N2O4. The first kappa shape index (κ1) is 17.2. The van der Waals surface area contributed by atoms with Gasteiger partial charge in [-0.1, -0.05) is 24.0 Å². The SMILES string of the molecule is NC(=O)C1(C(=O)Nc2cccc(C#Cc3cccc(C(=O)O)c3)c2)CC1. The van der Waals surface area contributed by atoms with E-state index in [0.29, 0.717) is 29.7 Å². The molecule has 0 spiro atoms. The zero-order chi connectivity index (χ0) is 18.7. The van der Waals surface area contributed by atoms with E-state index in [1.54, 1.807) is 36.4 Å². The molecular weight excluding hydrogens is 332 g/mol. The van der Waals surface area contributed by atoms with Crippen LogP contribution in [-0.2, 0) is 9.59 Å². The molecule has 0 saturated heterocycles. The Morgan fingerprint density at radius 3 is 2.19 bits per heavy atom. The Hall–Kier alpha value is -3.59. The molecule has 2 aromatic carbocycles. The Morgan fingerprint density at radius 1 is 1.00 bits per heavy atom. The smallest absolute Gasteiger partial charge is 0.335 e. The van der Waals surface area contributed by atoms with Crippen molar-refractivity contribution in [2.24, 2.45) is 11.1 Å². The normalized spacial score (nSPS) is 13.8. The van der Waals surface area contributed by atoms with Gasteiger partial charge in [0.1, 0.15) is 5.41 Å². The van der Waals surface area contributed by atoms with Crippen LogP contribution in [0.25, 0.3) is 0 Å². The summed E-state index contributed by atoms with van der Waals surface area (Å²) in [6.45, 7) is 0. The standard InChI is InChI=1S/C20H16N2O4/c21-18(25)20(9-10-20)19(26)22-16-6-2-4-14(12-16)8-7-13-3-1-5-15(11-13)17(23)24/h1-6,11-12H,9-10H2,(H2,21,25)(H,22,26)(H,23,24). The molecule has 0 aromatic heterocycles. The molecule has 3 rings (SSSR count). The minimum atomic E-state index is -1.08. The van der Waals surface area contributed by atoms with Crippen molar-refractivity contribution < 1.29 is 19.5 Å². The lowest BCUT2D eigenvalue weighted by molar-refractivity contribution is -0.132. The maximum absolute atomic E-state index is 12.2. The van der Waals surface area contributed by atoms with Crippen LogP contribution in [0.2, 0.25) is 0 Å². The highest BCUT2D eigenvalue weighted by molar-refractivity contribution is 6.12. The van der Waals surface area contributed by atoms with Crippen LogP contribution in [0.15, 0.2) is 48.5 Å². The van der Waals surface area contributed by atoms with E-state index in [1.165, 1.54) is 12.1 Å². The van der Waals surface area contributed by atoms with Crippen molar-refractivity contribution in [3.05, 3.63) is 65.2 Å². The first-order valence-corrected chi connectivity index (χ1v) is 7.97. The fourth-order valence-electron chi connectivity index (χ4n) is 2.51. The molecule has 6 heteroatoms. The van der Waals surface area contributed by atoms with Crippen molar-refractivity contribution in [1.82, 2.24) is 0 Å². The van der Waals surface area contributed by atoms with Gasteiger partial charge in [0.2, 0.25) is 11.8 Å². The molecule has 1 fully saturated rings. The van der Waals surface area contributed by atoms with Crippen molar-refractivity contribution in [3.63, 3.8) is 0 Å². The maximum Gasteiger partial charge on any atom is 0.335 e. The minimum absolute atomic E-state index is 0.166. The molecule has 6 nitrogen and oxygen atoms in total. The lowest BCUT2D eigenvalue weighted by Crippen LogP contribution is -2.36. The number of carboxylic acid groups (broad SMARTS) is 1. The van der Waals surface area contributed by atoms with Gasteiger partial charge in [0, 0.05) is 16.8 Å². The molecule has 0 radical (unpaired) electrons. The van der Waals surface area contributed by atoms with E-state index in [4.69, 9.17) is 10.8 Å². The van der Waals surface area contributed by atoms with E-state index in [9.17, 15) is 14.4 Å². The van der Waals surface area contributed by atoms with Crippen LogP contribution in [-0.4, -0.2) is 22.9 Å². The summed E-state index contributed by atoms with van der Waals surface area (Å²) in [5.74, 6) is 3.81. The van der Waals surface area contributed by atoms with E-state index in [0.717, 1.165) is 0 Å². The van der Waals surface area contributed by atoms with Gasteiger partial charge in [-0.3, -0.25) is 9.59 Å². The number of benzene rings is 2. The van der Waals surface area contributed by atoms with Gasteiger partial charge in [-0.2, -0.15) is 0 Å². The number of nitrogens with one attached hydrogen (secondary N) is 1. The molecule has 0 atom stereocenters. The number of anilines is 1. The molecule has 2 amide bonds. The molecule has 1 aliphatic rings. The topological polar surface area (TPSA) is 109 Å². The summed E-state index contributed by atoms with van der Waals surface area (Å²) in [5.41, 5.74) is 6.12. The zero-order valence-corrected chi connectivity index (χ0v) is 13.8. The Labute approximate surface area is 150 Å². The first-order chi connectivity index (χ1) is 12.4. The van der Waals surface area contributed by atoms with Crippen molar-refractivity contribution in [2.45, 2.75) is 12.8 Å². The monoisotopic (exact) mass is 348 g/mol. The van der Waals surface area contributed by atoms with Crippen LogP contribution < -0.4 is 11.1 Å². The van der Waals surface area contributed by atoms with Crippen LogP contribution in [0.4, 0.5) is 5.69 Å².